The first-order valence-corrected chi connectivity index (χ1v) is 11.3. The highest BCUT2D eigenvalue weighted by atomic mass is 35.5. The third kappa shape index (κ3) is 4.80. The highest BCUT2D eigenvalue weighted by molar-refractivity contribution is 6.30. The Morgan fingerprint density at radius 3 is 2.32 bits per heavy atom. The number of nitrogens with zero attached hydrogens (tertiary/aromatic N) is 2. The van der Waals surface area contributed by atoms with E-state index in [1.54, 1.807) is 17.1 Å². The Bertz CT molecular complexity index is 1310. The van der Waals surface area contributed by atoms with Gasteiger partial charge in [0.05, 0.1) is 17.4 Å². The summed E-state index contributed by atoms with van der Waals surface area (Å²) in [5.74, 6) is -0.545. The molecule has 0 aromatic heterocycles. The summed E-state index contributed by atoms with van der Waals surface area (Å²) in [6.45, 7) is 0.473. The van der Waals surface area contributed by atoms with Crippen molar-refractivity contribution in [2.24, 2.45) is 5.10 Å². The Balaban J connectivity index is 1.42. The summed E-state index contributed by atoms with van der Waals surface area (Å²) in [5.41, 5.74) is 3.96. The van der Waals surface area contributed by atoms with Gasteiger partial charge in [0.2, 0.25) is 0 Å². The van der Waals surface area contributed by atoms with Crippen LogP contribution in [0.15, 0.2) is 102 Å². The molecular weight excluding hydrogens is 454 g/mol. The second-order valence-electron chi connectivity index (χ2n) is 8.06. The van der Waals surface area contributed by atoms with Crippen LogP contribution >= 0.6 is 11.6 Å². The number of ether oxygens (including phenoxy) is 1. The van der Waals surface area contributed by atoms with Crippen LogP contribution in [0.4, 0.5) is 14.5 Å². The van der Waals surface area contributed by atoms with E-state index in [0.717, 1.165) is 34.2 Å². The lowest BCUT2D eigenvalue weighted by Crippen LogP contribution is -2.19. The maximum absolute atomic E-state index is 14.7. The van der Waals surface area contributed by atoms with Crippen molar-refractivity contribution in [2.75, 3.05) is 5.01 Å². The summed E-state index contributed by atoms with van der Waals surface area (Å²) >= 11 is 6.04. The van der Waals surface area contributed by atoms with Crippen LogP contribution in [0.5, 0.6) is 5.75 Å². The normalized spacial score (nSPS) is 15.3. The molecule has 0 radical (unpaired) electrons. The van der Waals surface area contributed by atoms with Gasteiger partial charge in [0.1, 0.15) is 18.2 Å². The van der Waals surface area contributed by atoms with Crippen LogP contribution in [-0.4, -0.2) is 5.71 Å². The van der Waals surface area contributed by atoms with Crippen molar-refractivity contribution in [1.82, 2.24) is 0 Å². The first-order valence-electron chi connectivity index (χ1n) is 10.9. The molecule has 0 N–H and O–H groups in total. The predicted octanol–water partition coefficient (Wildman–Crippen LogP) is 7.55. The topological polar surface area (TPSA) is 24.8 Å². The standard InChI is InChI=1S/C28H21ClF2N2O/c29-22-10-6-20(7-11-22)26-17-28(33(32-26)27-15-12-23(30)16-25(27)31)21-8-13-24(14-9-21)34-18-19-4-2-1-3-5-19/h1-16,28H,17-18H2. The van der Waals surface area contributed by atoms with Crippen LogP contribution in [0, 0.1) is 11.6 Å². The smallest absolute Gasteiger partial charge is 0.151 e. The van der Waals surface area contributed by atoms with E-state index >= 15 is 0 Å². The molecule has 170 valence electrons. The van der Waals surface area contributed by atoms with Gasteiger partial charge in [-0.05, 0) is 53.1 Å². The fourth-order valence-electron chi connectivity index (χ4n) is 4.00. The third-order valence-electron chi connectivity index (χ3n) is 5.76. The Labute approximate surface area is 201 Å². The van der Waals surface area contributed by atoms with E-state index < -0.39 is 11.6 Å². The molecule has 0 amide bonds. The molecule has 4 aromatic carbocycles. The lowest BCUT2D eigenvalue weighted by Gasteiger charge is -2.24. The van der Waals surface area contributed by atoms with Crippen LogP contribution in [0.1, 0.15) is 29.2 Å². The van der Waals surface area contributed by atoms with Gasteiger partial charge in [0, 0.05) is 17.5 Å². The third-order valence-corrected chi connectivity index (χ3v) is 6.01. The Hall–Kier alpha value is -3.70. The minimum absolute atomic E-state index is 0.222. The summed E-state index contributed by atoms with van der Waals surface area (Å²) < 4.78 is 34.2. The molecule has 5 rings (SSSR count). The molecule has 1 unspecified atom stereocenters. The second kappa shape index (κ2) is 9.65. The predicted molar refractivity (Wildman–Crippen MR) is 131 cm³/mol. The van der Waals surface area contributed by atoms with Crippen LogP contribution < -0.4 is 9.75 Å². The average molecular weight is 475 g/mol. The molecule has 0 aliphatic carbocycles. The molecule has 0 fully saturated rings. The molecule has 6 heteroatoms. The fourth-order valence-corrected chi connectivity index (χ4v) is 4.13. The van der Waals surface area contributed by atoms with Gasteiger partial charge < -0.3 is 4.74 Å². The zero-order chi connectivity index (χ0) is 23.5. The van der Waals surface area contributed by atoms with Crippen molar-refractivity contribution in [1.29, 1.82) is 0 Å². The first-order chi connectivity index (χ1) is 16.6. The van der Waals surface area contributed by atoms with E-state index in [2.05, 4.69) is 0 Å². The van der Waals surface area contributed by atoms with E-state index in [4.69, 9.17) is 21.4 Å². The van der Waals surface area contributed by atoms with Crippen molar-refractivity contribution in [3.63, 3.8) is 0 Å². The second-order valence-corrected chi connectivity index (χ2v) is 8.49. The van der Waals surface area contributed by atoms with Crippen molar-refractivity contribution in [3.8, 4) is 5.75 Å². The van der Waals surface area contributed by atoms with Gasteiger partial charge in [-0.25, -0.2) is 8.78 Å². The minimum atomic E-state index is -0.658. The molecule has 0 bridgehead atoms. The van der Waals surface area contributed by atoms with Gasteiger partial charge >= 0.3 is 0 Å². The zero-order valence-electron chi connectivity index (χ0n) is 18.2. The highest BCUT2D eigenvalue weighted by Gasteiger charge is 2.31. The van der Waals surface area contributed by atoms with E-state index in [0.29, 0.717) is 18.1 Å². The van der Waals surface area contributed by atoms with E-state index in [1.807, 2.05) is 66.7 Å². The maximum Gasteiger partial charge on any atom is 0.151 e. The van der Waals surface area contributed by atoms with E-state index in [9.17, 15) is 8.78 Å². The quantitative estimate of drug-likeness (QED) is 0.288. The van der Waals surface area contributed by atoms with Gasteiger partial charge in [0.15, 0.2) is 5.82 Å². The van der Waals surface area contributed by atoms with Gasteiger partial charge in [-0.3, -0.25) is 5.01 Å². The van der Waals surface area contributed by atoms with Crippen LogP contribution in [0.25, 0.3) is 0 Å². The Kier molecular flexibility index (Phi) is 6.28. The number of anilines is 1. The van der Waals surface area contributed by atoms with Gasteiger partial charge in [0.25, 0.3) is 0 Å². The van der Waals surface area contributed by atoms with Crippen molar-refractivity contribution in [3.05, 3.63) is 130 Å². The van der Waals surface area contributed by atoms with Gasteiger partial charge in [-0.2, -0.15) is 5.10 Å². The van der Waals surface area contributed by atoms with Crippen molar-refractivity contribution < 1.29 is 13.5 Å². The average Bonchev–Trinajstić information content (AvgIpc) is 3.29. The lowest BCUT2D eigenvalue weighted by molar-refractivity contribution is 0.306. The summed E-state index contributed by atoms with van der Waals surface area (Å²) in [5, 5.41) is 6.97. The van der Waals surface area contributed by atoms with Crippen LogP contribution in [0.3, 0.4) is 0 Å². The summed E-state index contributed by atoms with van der Waals surface area (Å²) in [6, 6.07) is 28.3. The van der Waals surface area contributed by atoms with Crippen molar-refractivity contribution >= 4 is 23.0 Å². The molecule has 3 nitrogen and oxygen atoms in total. The highest BCUT2D eigenvalue weighted by Crippen LogP contribution is 2.38. The Morgan fingerprint density at radius 1 is 0.882 bits per heavy atom. The van der Waals surface area contributed by atoms with Crippen LogP contribution in [-0.2, 0) is 6.61 Å². The van der Waals surface area contributed by atoms with E-state index in [1.165, 1.54) is 12.1 Å². The van der Waals surface area contributed by atoms with Gasteiger partial charge in [-0.1, -0.05) is 66.2 Å². The van der Waals surface area contributed by atoms with E-state index in [-0.39, 0.29) is 11.7 Å². The molecule has 4 aromatic rings. The zero-order valence-corrected chi connectivity index (χ0v) is 18.9. The number of halogens is 3. The largest absolute Gasteiger partial charge is 0.489 e. The maximum atomic E-state index is 14.7. The number of hydrogen-bond donors (Lipinski definition) is 0. The molecule has 0 saturated carbocycles. The minimum Gasteiger partial charge on any atom is -0.489 e. The summed E-state index contributed by atoms with van der Waals surface area (Å²) in [6.07, 6.45) is 0.558. The van der Waals surface area contributed by atoms with Crippen LogP contribution in [0.2, 0.25) is 5.02 Å². The number of rotatable bonds is 6. The molecule has 34 heavy (non-hydrogen) atoms. The molecular formula is C28H21ClF2N2O. The first kappa shape index (κ1) is 22.1. The van der Waals surface area contributed by atoms with Crippen molar-refractivity contribution in [2.45, 2.75) is 19.1 Å². The molecule has 1 heterocycles. The summed E-state index contributed by atoms with van der Waals surface area (Å²) in [7, 11) is 0. The molecule has 0 saturated heterocycles. The monoisotopic (exact) mass is 474 g/mol. The lowest BCUT2D eigenvalue weighted by atomic mass is 9.98. The Morgan fingerprint density at radius 2 is 1.62 bits per heavy atom. The molecule has 0 spiro atoms. The fraction of sp³-hybridized carbons (Fsp3) is 0.107. The molecule has 1 atom stereocenters. The molecule has 1 aliphatic heterocycles. The molecule has 1 aliphatic rings. The number of hydrazone groups is 1. The SMILES string of the molecule is Fc1ccc(N2N=C(c3ccc(Cl)cc3)CC2c2ccc(OCc3ccccc3)cc2)c(F)c1. The number of benzene rings is 4. The van der Waals surface area contributed by atoms with Gasteiger partial charge in [-0.15, -0.1) is 0 Å². The summed E-state index contributed by atoms with van der Waals surface area (Å²) in [4.78, 5) is 0. The number of hydrogen-bond acceptors (Lipinski definition) is 3.